The maximum Gasteiger partial charge on any atom is 0.328 e. The third kappa shape index (κ3) is 5.67. The molecule has 0 bridgehead atoms. The van der Waals surface area contributed by atoms with Gasteiger partial charge < -0.3 is 14.8 Å². The highest BCUT2D eigenvalue weighted by Crippen LogP contribution is 2.04. The highest BCUT2D eigenvalue weighted by molar-refractivity contribution is 5.85. The Labute approximate surface area is 118 Å². The number of benzene rings is 1. The van der Waals surface area contributed by atoms with Gasteiger partial charge in [0.05, 0.1) is 13.7 Å². The molecular weight excluding hydrogens is 258 g/mol. The maximum atomic E-state index is 11.7. The van der Waals surface area contributed by atoms with Crippen molar-refractivity contribution in [3.05, 3.63) is 48.6 Å². The SMILES string of the molecule is C=CCOCC(=O)N[C@@H](Cc1ccccc1)C(=O)OC. The van der Waals surface area contributed by atoms with E-state index in [9.17, 15) is 9.59 Å². The summed E-state index contributed by atoms with van der Waals surface area (Å²) in [6, 6.07) is 8.68. The molecule has 108 valence electrons. The molecule has 1 N–H and O–H groups in total. The molecule has 1 aromatic rings. The lowest BCUT2D eigenvalue weighted by atomic mass is 10.1. The highest BCUT2D eigenvalue weighted by atomic mass is 16.5. The lowest BCUT2D eigenvalue weighted by Crippen LogP contribution is -2.44. The second-order valence-corrected chi connectivity index (χ2v) is 4.14. The van der Waals surface area contributed by atoms with Gasteiger partial charge in [-0.2, -0.15) is 0 Å². The molecule has 0 saturated carbocycles. The van der Waals surface area contributed by atoms with Crippen LogP contribution in [-0.4, -0.2) is 38.2 Å². The van der Waals surface area contributed by atoms with Gasteiger partial charge in [-0.05, 0) is 5.56 Å². The summed E-state index contributed by atoms with van der Waals surface area (Å²) in [6.07, 6.45) is 1.93. The van der Waals surface area contributed by atoms with E-state index in [-0.39, 0.29) is 19.1 Å². The van der Waals surface area contributed by atoms with E-state index >= 15 is 0 Å². The van der Waals surface area contributed by atoms with E-state index in [0.717, 1.165) is 5.56 Å². The van der Waals surface area contributed by atoms with E-state index in [1.807, 2.05) is 30.3 Å². The molecule has 0 aliphatic heterocycles. The van der Waals surface area contributed by atoms with Gasteiger partial charge >= 0.3 is 5.97 Å². The van der Waals surface area contributed by atoms with Gasteiger partial charge in [-0.1, -0.05) is 36.4 Å². The fourth-order valence-electron chi connectivity index (χ4n) is 1.66. The van der Waals surface area contributed by atoms with E-state index in [1.165, 1.54) is 7.11 Å². The van der Waals surface area contributed by atoms with E-state index in [0.29, 0.717) is 6.42 Å². The topological polar surface area (TPSA) is 64.6 Å². The van der Waals surface area contributed by atoms with Crippen LogP contribution in [0.1, 0.15) is 5.56 Å². The number of hydrogen-bond acceptors (Lipinski definition) is 4. The second kappa shape index (κ2) is 8.87. The molecule has 0 fully saturated rings. The first-order chi connectivity index (χ1) is 9.67. The van der Waals surface area contributed by atoms with E-state index < -0.39 is 12.0 Å². The Morgan fingerprint density at radius 3 is 2.65 bits per heavy atom. The molecule has 5 heteroatoms. The van der Waals surface area contributed by atoms with Crippen LogP contribution in [0.25, 0.3) is 0 Å². The van der Waals surface area contributed by atoms with Crippen molar-refractivity contribution in [1.29, 1.82) is 0 Å². The molecule has 0 radical (unpaired) electrons. The number of hydrogen-bond donors (Lipinski definition) is 1. The first-order valence-electron chi connectivity index (χ1n) is 6.27. The van der Waals surface area contributed by atoms with Crippen molar-refractivity contribution in [2.45, 2.75) is 12.5 Å². The third-order valence-electron chi connectivity index (χ3n) is 2.57. The van der Waals surface area contributed by atoms with Crippen LogP contribution in [0, 0.1) is 0 Å². The Kier molecular flexibility index (Phi) is 7.06. The molecule has 1 amide bonds. The number of methoxy groups -OCH3 is 1. The molecule has 0 heterocycles. The predicted octanol–water partition coefficient (Wildman–Crippen LogP) is 1.09. The molecule has 0 unspecified atom stereocenters. The smallest absolute Gasteiger partial charge is 0.328 e. The Hall–Kier alpha value is -2.14. The van der Waals surface area contributed by atoms with Gasteiger partial charge in [-0.25, -0.2) is 4.79 Å². The Morgan fingerprint density at radius 2 is 2.05 bits per heavy atom. The van der Waals surface area contributed by atoms with Crippen LogP contribution in [-0.2, 0) is 25.5 Å². The third-order valence-corrected chi connectivity index (χ3v) is 2.57. The lowest BCUT2D eigenvalue weighted by molar-refractivity contribution is -0.145. The quantitative estimate of drug-likeness (QED) is 0.439. The summed E-state index contributed by atoms with van der Waals surface area (Å²) in [5.41, 5.74) is 0.940. The number of nitrogens with one attached hydrogen (secondary N) is 1. The van der Waals surface area contributed by atoms with Gasteiger partial charge in [0.15, 0.2) is 0 Å². The number of esters is 1. The summed E-state index contributed by atoms with van der Waals surface area (Å²) in [5, 5.41) is 2.60. The van der Waals surface area contributed by atoms with Crippen LogP contribution in [0.3, 0.4) is 0 Å². The summed E-state index contributed by atoms with van der Waals surface area (Å²) in [6.45, 7) is 3.65. The number of amides is 1. The zero-order valence-electron chi connectivity index (χ0n) is 11.5. The van der Waals surface area contributed by atoms with Gasteiger partial charge in [-0.3, -0.25) is 4.79 Å². The van der Waals surface area contributed by atoms with Crippen molar-refractivity contribution >= 4 is 11.9 Å². The zero-order chi connectivity index (χ0) is 14.8. The Bertz CT molecular complexity index is 444. The van der Waals surface area contributed by atoms with Crippen molar-refractivity contribution in [2.75, 3.05) is 20.3 Å². The average Bonchev–Trinajstić information content (AvgIpc) is 2.47. The van der Waals surface area contributed by atoms with Crippen LogP contribution in [0.4, 0.5) is 0 Å². The highest BCUT2D eigenvalue weighted by Gasteiger charge is 2.21. The monoisotopic (exact) mass is 277 g/mol. The zero-order valence-corrected chi connectivity index (χ0v) is 11.5. The van der Waals surface area contributed by atoms with Gasteiger partial charge in [0.1, 0.15) is 12.6 Å². The summed E-state index contributed by atoms with van der Waals surface area (Å²) < 4.78 is 9.73. The van der Waals surface area contributed by atoms with Crippen LogP contribution in [0.5, 0.6) is 0 Å². The predicted molar refractivity (Wildman–Crippen MR) is 75.1 cm³/mol. The van der Waals surface area contributed by atoms with Gasteiger partial charge in [0.25, 0.3) is 0 Å². The van der Waals surface area contributed by atoms with Crippen LogP contribution < -0.4 is 5.32 Å². The maximum absolute atomic E-state index is 11.7. The first-order valence-corrected chi connectivity index (χ1v) is 6.27. The van der Waals surface area contributed by atoms with E-state index in [4.69, 9.17) is 9.47 Å². The fourth-order valence-corrected chi connectivity index (χ4v) is 1.66. The molecule has 0 aliphatic rings. The lowest BCUT2D eigenvalue weighted by Gasteiger charge is -2.16. The van der Waals surface area contributed by atoms with Crippen molar-refractivity contribution in [1.82, 2.24) is 5.32 Å². The first kappa shape index (κ1) is 15.9. The molecule has 0 saturated heterocycles. The Balaban J connectivity index is 2.58. The molecule has 1 rings (SSSR count). The van der Waals surface area contributed by atoms with Gasteiger partial charge in [0, 0.05) is 6.42 Å². The summed E-state index contributed by atoms with van der Waals surface area (Å²) in [4.78, 5) is 23.3. The fraction of sp³-hybridized carbons (Fsp3) is 0.333. The van der Waals surface area contributed by atoms with E-state index in [1.54, 1.807) is 6.08 Å². The van der Waals surface area contributed by atoms with Gasteiger partial charge in [0.2, 0.25) is 5.91 Å². The molecule has 0 aliphatic carbocycles. The minimum atomic E-state index is -0.720. The summed E-state index contributed by atoms with van der Waals surface area (Å²) in [5.74, 6) is -0.843. The minimum Gasteiger partial charge on any atom is -0.467 e. The second-order valence-electron chi connectivity index (χ2n) is 4.14. The molecular formula is C15H19NO4. The molecule has 20 heavy (non-hydrogen) atoms. The molecule has 0 spiro atoms. The summed E-state index contributed by atoms with van der Waals surface area (Å²) in [7, 11) is 1.29. The summed E-state index contributed by atoms with van der Waals surface area (Å²) >= 11 is 0. The van der Waals surface area contributed by atoms with Crippen molar-refractivity contribution in [3.63, 3.8) is 0 Å². The van der Waals surface area contributed by atoms with Crippen molar-refractivity contribution in [2.24, 2.45) is 0 Å². The molecule has 1 aromatic carbocycles. The van der Waals surface area contributed by atoms with Crippen LogP contribution in [0.15, 0.2) is 43.0 Å². The number of ether oxygens (including phenoxy) is 2. The van der Waals surface area contributed by atoms with Crippen LogP contribution >= 0.6 is 0 Å². The number of carbonyl (C=O) groups is 2. The van der Waals surface area contributed by atoms with Crippen LogP contribution in [0.2, 0.25) is 0 Å². The molecule has 1 atom stereocenters. The average molecular weight is 277 g/mol. The van der Waals surface area contributed by atoms with Crippen molar-refractivity contribution < 1.29 is 19.1 Å². The largest absolute Gasteiger partial charge is 0.467 e. The Morgan fingerprint density at radius 1 is 1.35 bits per heavy atom. The molecule has 0 aromatic heterocycles. The number of rotatable bonds is 8. The van der Waals surface area contributed by atoms with Crippen molar-refractivity contribution in [3.8, 4) is 0 Å². The minimum absolute atomic E-state index is 0.117. The normalized spacial score (nSPS) is 11.4. The standard InChI is InChI=1S/C15H19NO4/c1-3-9-20-11-14(17)16-13(15(18)19-2)10-12-7-5-4-6-8-12/h3-8,13H,1,9-11H2,2H3,(H,16,17)/t13-/m0/s1. The molecule has 5 nitrogen and oxygen atoms in total. The van der Waals surface area contributed by atoms with E-state index in [2.05, 4.69) is 11.9 Å². The van der Waals surface area contributed by atoms with Gasteiger partial charge in [-0.15, -0.1) is 6.58 Å². The number of carbonyl (C=O) groups excluding carboxylic acids is 2.